The Morgan fingerprint density at radius 3 is 2.52 bits per heavy atom. The highest BCUT2D eigenvalue weighted by Crippen LogP contribution is 2.34. The highest BCUT2D eigenvalue weighted by Gasteiger charge is 2.16. The van der Waals surface area contributed by atoms with Crippen LogP contribution in [0.2, 0.25) is 0 Å². The van der Waals surface area contributed by atoms with E-state index >= 15 is 0 Å². The lowest BCUT2D eigenvalue weighted by Gasteiger charge is -2.22. The van der Waals surface area contributed by atoms with E-state index in [-0.39, 0.29) is 5.56 Å². The second-order valence-electron chi connectivity index (χ2n) is 6.29. The molecule has 1 fully saturated rings. The third kappa shape index (κ3) is 2.94. The van der Waals surface area contributed by atoms with Gasteiger partial charge in [0.05, 0.1) is 0 Å². The third-order valence-corrected chi connectivity index (χ3v) is 4.66. The summed E-state index contributed by atoms with van der Waals surface area (Å²) >= 11 is 0. The normalized spacial score (nSPS) is 16.1. The van der Waals surface area contributed by atoms with E-state index in [4.69, 9.17) is 0 Å². The maximum Gasteiger partial charge on any atom is 0.253 e. The first-order valence-corrected chi connectivity index (χ1v) is 7.93. The van der Waals surface area contributed by atoms with Gasteiger partial charge in [-0.25, -0.2) is 0 Å². The van der Waals surface area contributed by atoms with Crippen molar-refractivity contribution in [3.63, 3.8) is 0 Å². The first kappa shape index (κ1) is 14.1. The van der Waals surface area contributed by atoms with Gasteiger partial charge >= 0.3 is 0 Å². The van der Waals surface area contributed by atoms with E-state index < -0.39 is 0 Å². The Bertz CT molecular complexity index is 667. The Balaban J connectivity index is 1.97. The van der Waals surface area contributed by atoms with Crippen LogP contribution < -0.4 is 5.56 Å². The van der Waals surface area contributed by atoms with E-state index in [0.717, 1.165) is 11.1 Å². The zero-order valence-corrected chi connectivity index (χ0v) is 12.9. The predicted octanol–water partition coefficient (Wildman–Crippen LogP) is 4.41. The number of nitrogens with zero attached hydrogens (tertiary/aromatic N) is 1. The molecule has 3 rings (SSSR count). The lowest BCUT2D eigenvalue weighted by atomic mass is 9.83. The molecule has 2 heteroatoms. The summed E-state index contributed by atoms with van der Waals surface area (Å²) in [6.45, 7) is 1.89. The zero-order chi connectivity index (χ0) is 14.8. The summed E-state index contributed by atoms with van der Waals surface area (Å²) in [7, 11) is 1.82. The highest BCUT2D eigenvalue weighted by atomic mass is 16.1. The lowest BCUT2D eigenvalue weighted by molar-refractivity contribution is 0.444. The van der Waals surface area contributed by atoms with Crippen molar-refractivity contribution in [1.29, 1.82) is 0 Å². The highest BCUT2D eigenvalue weighted by molar-refractivity contribution is 5.64. The van der Waals surface area contributed by atoms with E-state index in [0.29, 0.717) is 5.92 Å². The summed E-state index contributed by atoms with van der Waals surface area (Å²) < 4.78 is 1.68. The van der Waals surface area contributed by atoms with Crippen molar-refractivity contribution in [2.75, 3.05) is 0 Å². The van der Waals surface area contributed by atoms with Crippen molar-refractivity contribution in [1.82, 2.24) is 4.57 Å². The molecule has 2 nitrogen and oxygen atoms in total. The lowest BCUT2D eigenvalue weighted by Crippen LogP contribution is -2.18. The van der Waals surface area contributed by atoms with Gasteiger partial charge in [0.15, 0.2) is 0 Å². The number of hydrogen-bond acceptors (Lipinski definition) is 1. The molecule has 0 aliphatic heterocycles. The summed E-state index contributed by atoms with van der Waals surface area (Å²) in [6.07, 6.45) is 8.67. The van der Waals surface area contributed by atoms with Crippen LogP contribution in [0.15, 0.2) is 41.3 Å². The Morgan fingerprint density at radius 2 is 1.81 bits per heavy atom. The van der Waals surface area contributed by atoms with Gasteiger partial charge in [0.25, 0.3) is 5.56 Å². The van der Waals surface area contributed by atoms with Crippen LogP contribution in [-0.2, 0) is 7.05 Å². The van der Waals surface area contributed by atoms with Crippen LogP contribution in [0.5, 0.6) is 0 Å². The molecule has 0 atom stereocenters. The first-order valence-electron chi connectivity index (χ1n) is 7.93. The molecule has 1 heterocycles. The van der Waals surface area contributed by atoms with Crippen LogP contribution in [-0.4, -0.2) is 4.57 Å². The van der Waals surface area contributed by atoms with Crippen molar-refractivity contribution >= 4 is 0 Å². The van der Waals surface area contributed by atoms with Gasteiger partial charge in [-0.1, -0.05) is 43.5 Å². The van der Waals surface area contributed by atoms with Crippen molar-refractivity contribution in [2.24, 2.45) is 7.05 Å². The fraction of sp³-hybridized carbons (Fsp3) is 0.421. The fourth-order valence-corrected chi connectivity index (χ4v) is 3.44. The number of rotatable bonds is 2. The van der Waals surface area contributed by atoms with E-state index in [1.807, 2.05) is 26.2 Å². The first-order chi connectivity index (χ1) is 10.1. The average Bonchev–Trinajstić information content (AvgIpc) is 2.53. The predicted molar refractivity (Wildman–Crippen MR) is 87.7 cm³/mol. The summed E-state index contributed by atoms with van der Waals surface area (Å²) in [5.41, 5.74) is 4.70. The molecule has 21 heavy (non-hydrogen) atoms. The number of pyridine rings is 1. The van der Waals surface area contributed by atoms with Gasteiger partial charge in [-0.3, -0.25) is 4.79 Å². The van der Waals surface area contributed by atoms with E-state index in [9.17, 15) is 4.79 Å². The third-order valence-electron chi connectivity index (χ3n) is 4.66. The SMILES string of the molecule is Cc1cc(-c2cccc(C3CCCCC3)c2)cn(C)c1=O. The quantitative estimate of drug-likeness (QED) is 0.799. The van der Waals surface area contributed by atoms with Crippen molar-refractivity contribution in [3.05, 3.63) is 58.0 Å². The minimum absolute atomic E-state index is 0.0854. The van der Waals surface area contributed by atoms with Crippen LogP contribution in [0.1, 0.15) is 49.1 Å². The molecule has 1 aromatic carbocycles. The summed E-state index contributed by atoms with van der Waals surface area (Å²) in [4.78, 5) is 11.8. The molecule has 0 saturated heterocycles. The van der Waals surface area contributed by atoms with Crippen LogP contribution in [0.25, 0.3) is 11.1 Å². The van der Waals surface area contributed by atoms with Crippen LogP contribution >= 0.6 is 0 Å². The van der Waals surface area contributed by atoms with Gasteiger partial charge in [-0.05, 0) is 48.4 Å². The van der Waals surface area contributed by atoms with Gasteiger partial charge in [-0.15, -0.1) is 0 Å². The number of hydrogen-bond donors (Lipinski definition) is 0. The minimum Gasteiger partial charge on any atom is -0.318 e. The molecule has 0 spiro atoms. The van der Waals surface area contributed by atoms with Crippen molar-refractivity contribution < 1.29 is 0 Å². The standard InChI is InChI=1S/C19H23NO/c1-14-11-18(13-20(2)19(14)21)17-10-6-9-16(12-17)15-7-4-3-5-8-15/h6,9-13,15H,3-5,7-8H2,1-2H3. The van der Waals surface area contributed by atoms with Gasteiger partial charge in [-0.2, -0.15) is 0 Å². The van der Waals surface area contributed by atoms with Crippen molar-refractivity contribution in [3.8, 4) is 11.1 Å². The maximum absolute atomic E-state index is 11.8. The fourth-order valence-electron chi connectivity index (χ4n) is 3.44. The monoisotopic (exact) mass is 281 g/mol. The van der Waals surface area contributed by atoms with Crippen molar-refractivity contribution in [2.45, 2.75) is 44.9 Å². The number of benzene rings is 1. The summed E-state index contributed by atoms with van der Waals surface area (Å²) in [5, 5.41) is 0. The molecule has 2 aromatic rings. The molecular formula is C19H23NO. The molecule has 0 bridgehead atoms. The largest absolute Gasteiger partial charge is 0.318 e. The van der Waals surface area contributed by atoms with E-state index in [1.165, 1.54) is 43.2 Å². The molecular weight excluding hydrogens is 258 g/mol. The van der Waals surface area contributed by atoms with E-state index in [1.54, 1.807) is 4.57 Å². The molecule has 0 amide bonds. The van der Waals surface area contributed by atoms with Crippen LogP contribution in [0.3, 0.4) is 0 Å². The van der Waals surface area contributed by atoms with Crippen LogP contribution in [0.4, 0.5) is 0 Å². The van der Waals surface area contributed by atoms with E-state index in [2.05, 4.69) is 24.3 Å². The topological polar surface area (TPSA) is 22.0 Å². The number of aryl methyl sites for hydroxylation is 2. The smallest absolute Gasteiger partial charge is 0.253 e. The zero-order valence-electron chi connectivity index (χ0n) is 12.9. The summed E-state index contributed by atoms with van der Waals surface area (Å²) in [6, 6.07) is 10.9. The minimum atomic E-state index is 0.0854. The Kier molecular flexibility index (Phi) is 3.96. The van der Waals surface area contributed by atoms with Gasteiger partial charge in [0, 0.05) is 18.8 Å². The molecule has 110 valence electrons. The van der Waals surface area contributed by atoms with Gasteiger partial charge < -0.3 is 4.57 Å². The van der Waals surface area contributed by atoms with Gasteiger partial charge in [0.1, 0.15) is 0 Å². The average molecular weight is 281 g/mol. The molecule has 1 saturated carbocycles. The Hall–Kier alpha value is -1.83. The second-order valence-corrected chi connectivity index (χ2v) is 6.29. The molecule has 0 unspecified atom stereocenters. The van der Waals surface area contributed by atoms with Gasteiger partial charge in [0.2, 0.25) is 0 Å². The molecule has 0 radical (unpaired) electrons. The molecule has 0 N–H and O–H groups in total. The molecule has 1 aliphatic rings. The van der Waals surface area contributed by atoms with Crippen LogP contribution in [0, 0.1) is 6.92 Å². The Labute approximate surface area is 126 Å². The molecule has 1 aliphatic carbocycles. The molecule has 1 aromatic heterocycles. The maximum atomic E-state index is 11.8. The summed E-state index contributed by atoms with van der Waals surface area (Å²) in [5.74, 6) is 0.715. The number of aromatic nitrogens is 1. The second kappa shape index (κ2) is 5.88. The Morgan fingerprint density at radius 1 is 1.05 bits per heavy atom.